The number of carbonyl (C=O) groups is 2. The highest BCUT2D eigenvalue weighted by Gasteiger charge is 2.17. The molecular weight excluding hydrogens is 152 g/mol. The molecule has 0 heterocycles. The Kier molecular flexibility index (Phi) is 5.03. The van der Waals surface area contributed by atoms with Gasteiger partial charge in [0, 0.05) is 6.42 Å². The van der Waals surface area contributed by atoms with Gasteiger partial charge in [-0.15, -0.1) is 11.8 Å². The Balaban J connectivity index is 4.03. The molecule has 0 aliphatic carbocycles. The number of ketones is 2. The molecule has 0 N–H and O–H groups in total. The van der Waals surface area contributed by atoms with Gasteiger partial charge in [0.05, 0.1) is 5.92 Å². The zero-order valence-electron chi connectivity index (χ0n) is 7.81. The average molecular weight is 166 g/mol. The lowest BCUT2D eigenvalue weighted by molar-refractivity contribution is -0.130. The van der Waals surface area contributed by atoms with E-state index in [1.807, 2.05) is 0 Å². The van der Waals surface area contributed by atoms with E-state index in [9.17, 15) is 9.59 Å². The van der Waals surface area contributed by atoms with Crippen LogP contribution in [0, 0.1) is 17.8 Å². The number of carbonyl (C=O) groups excluding carboxylic acids is 2. The molecule has 0 bridgehead atoms. The summed E-state index contributed by atoms with van der Waals surface area (Å²) in [5.74, 6) is 5.01. The van der Waals surface area contributed by atoms with Gasteiger partial charge in [0.1, 0.15) is 11.6 Å². The fourth-order valence-corrected chi connectivity index (χ4v) is 1.03. The minimum atomic E-state index is -0.439. The third-order valence-corrected chi connectivity index (χ3v) is 1.72. The summed E-state index contributed by atoms with van der Waals surface area (Å²) < 4.78 is 0. The van der Waals surface area contributed by atoms with Gasteiger partial charge in [-0.3, -0.25) is 9.59 Å². The highest BCUT2D eigenvalue weighted by atomic mass is 16.1. The molecule has 0 atom stereocenters. The molecule has 0 saturated heterocycles. The number of rotatable bonds is 4. The molecular formula is C10H14O2. The van der Waals surface area contributed by atoms with Crippen LogP contribution in [-0.4, -0.2) is 11.6 Å². The van der Waals surface area contributed by atoms with Crippen molar-refractivity contribution in [3.8, 4) is 11.8 Å². The van der Waals surface area contributed by atoms with E-state index in [4.69, 9.17) is 0 Å². The summed E-state index contributed by atoms with van der Waals surface area (Å²) in [6.07, 6.45) is 1.19. The summed E-state index contributed by atoms with van der Waals surface area (Å²) in [5.41, 5.74) is 0. The first-order chi connectivity index (χ1) is 5.59. The van der Waals surface area contributed by atoms with Gasteiger partial charge in [-0.05, 0) is 27.2 Å². The lowest BCUT2D eigenvalue weighted by Crippen LogP contribution is -2.18. The van der Waals surface area contributed by atoms with Crippen LogP contribution in [0.15, 0.2) is 0 Å². The summed E-state index contributed by atoms with van der Waals surface area (Å²) >= 11 is 0. The molecule has 0 aromatic rings. The second-order valence-electron chi connectivity index (χ2n) is 2.74. The molecule has 0 rings (SSSR count). The molecule has 0 aliphatic rings. The Morgan fingerprint density at radius 2 is 1.75 bits per heavy atom. The third-order valence-electron chi connectivity index (χ3n) is 1.72. The van der Waals surface area contributed by atoms with Crippen LogP contribution in [0.25, 0.3) is 0 Å². The van der Waals surface area contributed by atoms with Crippen LogP contribution >= 0.6 is 0 Å². The maximum atomic E-state index is 10.9. The van der Waals surface area contributed by atoms with Crippen LogP contribution in [-0.2, 0) is 9.59 Å². The fourth-order valence-electron chi connectivity index (χ4n) is 1.03. The van der Waals surface area contributed by atoms with E-state index in [2.05, 4.69) is 11.8 Å². The van der Waals surface area contributed by atoms with Crippen molar-refractivity contribution in [1.29, 1.82) is 0 Å². The van der Waals surface area contributed by atoms with Crippen molar-refractivity contribution in [2.24, 2.45) is 5.92 Å². The Morgan fingerprint density at radius 3 is 2.08 bits per heavy atom. The van der Waals surface area contributed by atoms with Crippen molar-refractivity contribution in [2.45, 2.75) is 33.6 Å². The molecule has 0 spiro atoms. The zero-order valence-corrected chi connectivity index (χ0v) is 7.81. The van der Waals surface area contributed by atoms with Gasteiger partial charge < -0.3 is 0 Å². The van der Waals surface area contributed by atoms with Gasteiger partial charge in [0.2, 0.25) is 0 Å². The van der Waals surface area contributed by atoms with Crippen LogP contribution in [0.5, 0.6) is 0 Å². The molecule has 12 heavy (non-hydrogen) atoms. The summed E-state index contributed by atoms with van der Waals surface area (Å²) in [4.78, 5) is 21.8. The van der Waals surface area contributed by atoms with Crippen LogP contribution in [0.4, 0.5) is 0 Å². The molecule has 2 heteroatoms. The Hall–Kier alpha value is -1.10. The predicted molar refractivity (Wildman–Crippen MR) is 47.5 cm³/mol. The molecule has 0 saturated carbocycles. The van der Waals surface area contributed by atoms with E-state index in [1.165, 1.54) is 13.8 Å². The lowest BCUT2D eigenvalue weighted by Gasteiger charge is -2.06. The first-order valence-electron chi connectivity index (χ1n) is 4.00. The quantitative estimate of drug-likeness (QED) is 0.469. The molecule has 66 valence electrons. The number of hydrogen-bond donors (Lipinski definition) is 0. The Labute approximate surface area is 73.3 Å². The van der Waals surface area contributed by atoms with E-state index in [1.54, 1.807) is 6.92 Å². The fraction of sp³-hybridized carbons (Fsp3) is 0.600. The average Bonchev–Trinajstić information content (AvgIpc) is 1.96. The van der Waals surface area contributed by atoms with Crippen LogP contribution < -0.4 is 0 Å². The van der Waals surface area contributed by atoms with E-state index in [-0.39, 0.29) is 11.6 Å². The molecule has 0 aromatic carbocycles. The minimum absolute atomic E-state index is 0.0552. The second kappa shape index (κ2) is 5.54. The van der Waals surface area contributed by atoms with Gasteiger partial charge in [0.15, 0.2) is 0 Å². The smallest absolute Gasteiger partial charge is 0.140 e. The molecule has 0 fully saturated rings. The maximum Gasteiger partial charge on any atom is 0.140 e. The van der Waals surface area contributed by atoms with Crippen molar-refractivity contribution in [1.82, 2.24) is 0 Å². The normalized spacial score (nSPS) is 9.00. The largest absolute Gasteiger partial charge is 0.299 e. The van der Waals surface area contributed by atoms with Gasteiger partial charge in [-0.25, -0.2) is 0 Å². The van der Waals surface area contributed by atoms with Crippen LogP contribution in [0.2, 0.25) is 0 Å². The molecule has 0 aliphatic heterocycles. The van der Waals surface area contributed by atoms with Crippen molar-refractivity contribution in [3.63, 3.8) is 0 Å². The van der Waals surface area contributed by atoms with Gasteiger partial charge >= 0.3 is 0 Å². The second-order valence-corrected chi connectivity index (χ2v) is 2.74. The number of hydrogen-bond acceptors (Lipinski definition) is 2. The first-order valence-corrected chi connectivity index (χ1v) is 4.00. The molecule has 2 nitrogen and oxygen atoms in total. The van der Waals surface area contributed by atoms with Crippen molar-refractivity contribution < 1.29 is 9.59 Å². The minimum Gasteiger partial charge on any atom is -0.299 e. The van der Waals surface area contributed by atoms with Gasteiger partial charge in [0.25, 0.3) is 0 Å². The standard InChI is InChI=1S/C10H14O2/c1-4-5-6-7-10(8(2)11)9(3)12/h10H,6-7H2,1-3H3. The predicted octanol–water partition coefficient (Wildman–Crippen LogP) is 1.58. The van der Waals surface area contributed by atoms with E-state index in [0.29, 0.717) is 12.8 Å². The zero-order chi connectivity index (χ0) is 9.56. The van der Waals surface area contributed by atoms with Crippen molar-refractivity contribution in [2.75, 3.05) is 0 Å². The summed E-state index contributed by atoms with van der Waals surface area (Å²) in [6.45, 7) is 4.65. The van der Waals surface area contributed by atoms with E-state index >= 15 is 0 Å². The van der Waals surface area contributed by atoms with E-state index in [0.717, 1.165) is 0 Å². The molecule has 0 aromatic heterocycles. The summed E-state index contributed by atoms with van der Waals surface area (Å²) in [6, 6.07) is 0. The van der Waals surface area contributed by atoms with Gasteiger partial charge in [-0.1, -0.05) is 0 Å². The monoisotopic (exact) mass is 166 g/mol. The Morgan fingerprint density at radius 1 is 1.25 bits per heavy atom. The highest BCUT2D eigenvalue weighted by Crippen LogP contribution is 2.08. The summed E-state index contributed by atoms with van der Waals surface area (Å²) in [7, 11) is 0. The first kappa shape index (κ1) is 10.9. The highest BCUT2D eigenvalue weighted by molar-refractivity contribution is 6.00. The van der Waals surface area contributed by atoms with E-state index < -0.39 is 5.92 Å². The van der Waals surface area contributed by atoms with Crippen molar-refractivity contribution >= 4 is 11.6 Å². The molecule has 0 unspecified atom stereocenters. The number of Topliss-reactive ketones (excluding diaryl/α,β-unsaturated/α-hetero) is 2. The molecule has 0 amide bonds. The lowest BCUT2D eigenvalue weighted by atomic mass is 9.95. The Bertz CT molecular complexity index is 216. The topological polar surface area (TPSA) is 34.1 Å². The van der Waals surface area contributed by atoms with Gasteiger partial charge in [-0.2, -0.15) is 0 Å². The maximum absolute atomic E-state index is 10.9. The SMILES string of the molecule is CC#CCCC(C(C)=O)C(C)=O. The third kappa shape index (κ3) is 3.92. The van der Waals surface area contributed by atoms with Crippen molar-refractivity contribution in [3.05, 3.63) is 0 Å². The van der Waals surface area contributed by atoms with Crippen LogP contribution in [0.1, 0.15) is 33.6 Å². The molecule has 0 radical (unpaired) electrons. The van der Waals surface area contributed by atoms with Crippen LogP contribution in [0.3, 0.4) is 0 Å². The summed E-state index contributed by atoms with van der Waals surface area (Å²) in [5, 5.41) is 0.